The Labute approximate surface area is 197 Å². The molecule has 0 radical (unpaired) electrons. The Balaban J connectivity index is 1.82. The molecule has 3 aromatic carbocycles. The number of carbonyl (C=O) groups is 1. The Hall–Kier alpha value is -3.08. The molecular weight excluding hydrogens is 524 g/mol. The van der Waals surface area contributed by atoms with Crippen molar-refractivity contribution in [3.63, 3.8) is 0 Å². The monoisotopic (exact) mass is 540 g/mol. The Bertz CT molecular complexity index is 1150. The Morgan fingerprint density at radius 1 is 1.10 bits per heavy atom. The lowest BCUT2D eigenvalue weighted by Crippen LogP contribution is -2.13. The molecule has 7 heteroatoms. The highest BCUT2D eigenvalue weighted by atomic mass is 79.9. The molecular formula is C24H18Br2N2O3. The SMILES string of the molecule is COc1ccc(NC(=O)/C(C#N)=C/c2cc(Br)ccc2OCc2ccccc2Br)cc1. The van der Waals surface area contributed by atoms with E-state index in [1.807, 2.05) is 36.4 Å². The van der Waals surface area contributed by atoms with Gasteiger partial charge in [-0.25, -0.2) is 0 Å². The highest BCUT2D eigenvalue weighted by molar-refractivity contribution is 9.10. The second kappa shape index (κ2) is 10.8. The van der Waals surface area contributed by atoms with Crippen LogP contribution in [0.15, 0.2) is 81.2 Å². The summed E-state index contributed by atoms with van der Waals surface area (Å²) in [6, 6.07) is 22.0. The summed E-state index contributed by atoms with van der Waals surface area (Å²) >= 11 is 6.94. The van der Waals surface area contributed by atoms with E-state index in [9.17, 15) is 10.1 Å². The number of hydrogen-bond acceptors (Lipinski definition) is 4. The fourth-order valence-corrected chi connectivity index (χ4v) is 3.49. The van der Waals surface area contributed by atoms with Gasteiger partial charge in [-0.05, 0) is 54.6 Å². The maximum Gasteiger partial charge on any atom is 0.266 e. The van der Waals surface area contributed by atoms with Gasteiger partial charge in [-0.15, -0.1) is 0 Å². The maximum absolute atomic E-state index is 12.6. The lowest BCUT2D eigenvalue weighted by Gasteiger charge is -2.12. The van der Waals surface area contributed by atoms with Crippen LogP contribution in [0.2, 0.25) is 0 Å². The maximum atomic E-state index is 12.6. The molecule has 3 aromatic rings. The van der Waals surface area contributed by atoms with Crippen LogP contribution in [0.3, 0.4) is 0 Å². The van der Waals surface area contributed by atoms with Gasteiger partial charge in [0.2, 0.25) is 0 Å². The molecule has 1 amide bonds. The smallest absolute Gasteiger partial charge is 0.266 e. The average molecular weight is 542 g/mol. The molecule has 0 saturated heterocycles. The zero-order valence-corrected chi connectivity index (χ0v) is 19.7. The normalized spacial score (nSPS) is 10.8. The fourth-order valence-electron chi connectivity index (χ4n) is 2.71. The summed E-state index contributed by atoms with van der Waals surface area (Å²) in [6.07, 6.45) is 1.51. The average Bonchev–Trinajstić information content (AvgIpc) is 2.78. The largest absolute Gasteiger partial charge is 0.497 e. The van der Waals surface area contributed by atoms with Crippen molar-refractivity contribution in [2.24, 2.45) is 0 Å². The molecule has 0 spiro atoms. The highest BCUT2D eigenvalue weighted by Gasteiger charge is 2.12. The number of nitrogens with one attached hydrogen (secondary N) is 1. The van der Waals surface area contributed by atoms with Crippen molar-refractivity contribution in [3.05, 3.63) is 92.4 Å². The van der Waals surface area contributed by atoms with Crippen molar-refractivity contribution in [2.45, 2.75) is 6.61 Å². The first-order valence-corrected chi connectivity index (χ1v) is 10.8. The van der Waals surface area contributed by atoms with Gasteiger partial charge >= 0.3 is 0 Å². The first kappa shape index (κ1) is 22.6. The Kier molecular flexibility index (Phi) is 7.88. The van der Waals surface area contributed by atoms with Crippen LogP contribution in [0.1, 0.15) is 11.1 Å². The number of rotatable bonds is 7. The van der Waals surface area contributed by atoms with E-state index in [0.717, 1.165) is 14.5 Å². The lowest BCUT2D eigenvalue weighted by molar-refractivity contribution is -0.112. The third kappa shape index (κ3) is 6.20. The number of hydrogen-bond donors (Lipinski definition) is 1. The molecule has 0 bridgehead atoms. The van der Waals surface area contributed by atoms with E-state index in [0.29, 0.717) is 29.4 Å². The number of nitriles is 1. The molecule has 3 rings (SSSR count). The van der Waals surface area contributed by atoms with Gasteiger partial charge in [-0.1, -0.05) is 50.1 Å². The number of amides is 1. The summed E-state index contributed by atoms with van der Waals surface area (Å²) < 4.78 is 12.8. The van der Waals surface area contributed by atoms with E-state index in [4.69, 9.17) is 9.47 Å². The number of methoxy groups -OCH3 is 1. The zero-order valence-electron chi connectivity index (χ0n) is 16.6. The number of anilines is 1. The predicted molar refractivity (Wildman–Crippen MR) is 128 cm³/mol. The van der Waals surface area contributed by atoms with Crippen LogP contribution in [0, 0.1) is 11.3 Å². The molecule has 0 aliphatic heterocycles. The second-order valence-electron chi connectivity index (χ2n) is 6.41. The van der Waals surface area contributed by atoms with Crippen LogP contribution in [0.5, 0.6) is 11.5 Å². The van der Waals surface area contributed by atoms with Gasteiger partial charge in [0.05, 0.1) is 7.11 Å². The van der Waals surface area contributed by atoms with Crippen molar-refractivity contribution in [1.82, 2.24) is 0 Å². The van der Waals surface area contributed by atoms with Crippen LogP contribution in [-0.2, 0) is 11.4 Å². The molecule has 0 aliphatic rings. The van der Waals surface area contributed by atoms with Gasteiger partial charge in [0, 0.05) is 25.8 Å². The fraction of sp³-hybridized carbons (Fsp3) is 0.0833. The Morgan fingerprint density at radius 3 is 2.52 bits per heavy atom. The van der Waals surface area contributed by atoms with Crippen LogP contribution in [-0.4, -0.2) is 13.0 Å². The summed E-state index contributed by atoms with van der Waals surface area (Å²) in [7, 11) is 1.57. The minimum atomic E-state index is -0.510. The second-order valence-corrected chi connectivity index (χ2v) is 8.18. The van der Waals surface area contributed by atoms with E-state index < -0.39 is 5.91 Å². The molecule has 0 aromatic heterocycles. The van der Waals surface area contributed by atoms with Crippen molar-refractivity contribution >= 4 is 49.5 Å². The zero-order chi connectivity index (χ0) is 22.2. The highest BCUT2D eigenvalue weighted by Crippen LogP contribution is 2.28. The van der Waals surface area contributed by atoms with E-state index in [-0.39, 0.29) is 5.57 Å². The molecule has 1 N–H and O–H groups in total. The van der Waals surface area contributed by atoms with E-state index >= 15 is 0 Å². The minimum absolute atomic E-state index is 0.0420. The van der Waals surface area contributed by atoms with Gasteiger partial charge in [-0.3, -0.25) is 4.79 Å². The summed E-state index contributed by atoms with van der Waals surface area (Å²) in [5.41, 5.74) is 2.12. The van der Waals surface area contributed by atoms with E-state index in [1.165, 1.54) is 6.08 Å². The summed E-state index contributed by atoms with van der Waals surface area (Å²) in [5, 5.41) is 12.3. The molecule has 156 valence electrons. The van der Waals surface area contributed by atoms with Crippen LogP contribution >= 0.6 is 31.9 Å². The molecule has 31 heavy (non-hydrogen) atoms. The molecule has 0 aliphatic carbocycles. The Morgan fingerprint density at radius 2 is 1.84 bits per heavy atom. The minimum Gasteiger partial charge on any atom is -0.497 e. The van der Waals surface area contributed by atoms with Gasteiger partial charge < -0.3 is 14.8 Å². The van der Waals surface area contributed by atoms with Crippen molar-refractivity contribution in [2.75, 3.05) is 12.4 Å². The van der Waals surface area contributed by atoms with E-state index in [2.05, 4.69) is 37.2 Å². The number of ether oxygens (including phenoxy) is 2. The molecule has 5 nitrogen and oxygen atoms in total. The number of benzene rings is 3. The summed E-state index contributed by atoms with van der Waals surface area (Å²) in [4.78, 5) is 12.6. The van der Waals surface area contributed by atoms with Crippen LogP contribution in [0.4, 0.5) is 5.69 Å². The number of carbonyl (C=O) groups excluding carboxylic acids is 1. The predicted octanol–water partition coefficient (Wildman–Crippen LogP) is 6.34. The van der Waals surface area contributed by atoms with Gasteiger partial charge in [0.25, 0.3) is 5.91 Å². The molecule has 0 unspecified atom stereocenters. The number of nitrogens with zero attached hydrogens (tertiary/aromatic N) is 1. The van der Waals surface area contributed by atoms with Gasteiger partial charge in [-0.2, -0.15) is 5.26 Å². The first-order chi connectivity index (χ1) is 15.0. The summed E-state index contributed by atoms with van der Waals surface area (Å²) in [6.45, 7) is 0.337. The molecule has 0 fully saturated rings. The standard InChI is InChI=1S/C24H18Br2N2O3/c1-30-21-9-7-20(8-10-21)28-24(29)18(14-27)12-17-13-19(25)6-11-23(17)31-15-16-4-2-3-5-22(16)26/h2-13H,15H2,1H3,(H,28,29)/b18-12+. The topological polar surface area (TPSA) is 71.3 Å². The molecule has 0 heterocycles. The van der Waals surface area contributed by atoms with Crippen molar-refractivity contribution in [3.8, 4) is 17.6 Å². The van der Waals surface area contributed by atoms with Gasteiger partial charge in [0.1, 0.15) is 29.7 Å². The quantitative estimate of drug-likeness (QED) is 0.279. The van der Waals surface area contributed by atoms with Crippen LogP contribution < -0.4 is 14.8 Å². The van der Waals surface area contributed by atoms with Crippen molar-refractivity contribution in [1.29, 1.82) is 5.26 Å². The number of halogens is 2. The molecule has 0 atom stereocenters. The molecule has 0 saturated carbocycles. The van der Waals surface area contributed by atoms with E-state index in [1.54, 1.807) is 43.5 Å². The third-order valence-electron chi connectivity index (χ3n) is 4.33. The lowest BCUT2D eigenvalue weighted by atomic mass is 10.1. The first-order valence-electron chi connectivity index (χ1n) is 9.23. The third-order valence-corrected chi connectivity index (χ3v) is 5.59. The summed E-state index contributed by atoms with van der Waals surface area (Å²) in [5.74, 6) is 0.725. The van der Waals surface area contributed by atoms with Gasteiger partial charge in [0.15, 0.2) is 0 Å². The van der Waals surface area contributed by atoms with Crippen LogP contribution in [0.25, 0.3) is 6.08 Å². The van der Waals surface area contributed by atoms with Crippen molar-refractivity contribution < 1.29 is 14.3 Å².